The van der Waals surface area contributed by atoms with E-state index in [9.17, 15) is 9.59 Å². The van der Waals surface area contributed by atoms with Crippen molar-refractivity contribution in [3.63, 3.8) is 0 Å². The first kappa shape index (κ1) is 16.3. The van der Waals surface area contributed by atoms with Crippen molar-refractivity contribution in [2.45, 2.75) is 5.66 Å². The van der Waals surface area contributed by atoms with Crippen molar-refractivity contribution in [2.24, 2.45) is 9.98 Å². The minimum absolute atomic E-state index is 0. The van der Waals surface area contributed by atoms with Crippen molar-refractivity contribution < 1.29 is 40.6 Å². The summed E-state index contributed by atoms with van der Waals surface area (Å²) in [5.41, 5.74) is -0.202. The van der Waals surface area contributed by atoms with Crippen molar-refractivity contribution in [3.8, 4) is 0 Å². The second-order valence-corrected chi connectivity index (χ2v) is 3.81. The van der Waals surface area contributed by atoms with Crippen LogP contribution in [0.4, 0.5) is 0 Å². The Kier molecular flexibility index (Phi) is 6.26. The van der Waals surface area contributed by atoms with Crippen LogP contribution in [0.15, 0.2) is 70.6 Å². The molecule has 0 saturated carbocycles. The zero-order valence-corrected chi connectivity index (χ0v) is 13.0. The molecule has 0 aromatic heterocycles. The van der Waals surface area contributed by atoms with Crippen LogP contribution >= 0.6 is 0 Å². The van der Waals surface area contributed by atoms with Crippen molar-refractivity contribution in [2.75, 3.05) is 0 Å². The van der Waals surface area contributed by atoms with Crippen LogP contribution in [0.3, 0.4) is 0 Å². The van der Waals surface area contributed by atoms with Gasteiger partial charge in [0.25, 0.3) is 0 Å². The molecule has 0 heterocycles. The molecule has 0 N–H and O–H groups in total. The van der Waals surface area contributed by atoms with E-state index in [1.165, 1.54) is 12.2 Å². The van der Waals surface area contributed by atoms with Gasteiger partial charge in [0.05, 0.1) is 0 Å². The maximum atomic E-state index is 10.8. The summed E-state index contributed by atoms with van der Waals surface area (Å²) in [6, 6.07) is 17.8. The normalized spacial score (nSPS) is 9.60. The Morgan fingerprint density at radius 3 is 1.40 bits per heavy atom. The van der Waals surface area contributed by atoms with Crippen LogP contribution in [-0.2, 0) is 15.3 Å². The SMILES string of the molecule is O=C=NC(N=C=O)(c1ccccc1)c1ccccc1.[H-].[Na+]. The Labute approximate surface area is 140 Å². The molecule has 0 aliphatic carbocycles. The van der Waals surface area contributed by atoms with E-state index in [1.807, 2.05) is 12.1 Å². The van der Waals surface area contributed by atoms with Gasteiger partial charge in [-0.25, -0.2) is 9.59 Å². The zero-order valence-electron chi connectivity index (χ0n) is 12.0. The van der Waals surface area contributed by atoms with Crippen molar-refractivity contribution >= 4 is 12.2 Å². The molecule has 94 valence electrons. The van der Waals surface area contributed by atoms with E-state index in [0.29, 0.717) is 11.1 Å². The first-order valence-corrected chi connectivity index (χ1v) is 5.62. The van der Waals surface area contributed by atoms with Crippen molar-refractivity contribution in [1.82, 2.24) is 0 Å². The first-order valence-electron chi connectivity index (χ1n) is 5.62. The van der Waals surface area contributed by atoms with Gasteiger partial charge in [-0.3, -0.25) is 0 Å². The molecule has 2 aromatic carbocycles. The second-order valence-electron chi connectivity index (χ2n) is 3.81. The Hall–Kier alpha value is -1.80. The molecule has 0 saturated heterocycles. The quantitative estimate of drug-likeness (QED) is 0.436. The molecule has 5 heteroatoms. The molecular formula is C15H11N2NaO2. The summed E-state index contributed by atoms with van der Waals surface area (Å²) in [6.45, 7) is 0. The number of hydrogen-bond acceptors (Lipinski definition) is 4. The summed E-state index contributed by atoms with van der Waals surface area (Å²) in [6.07, 6.45) is 2.99. The van der Waals surface area contributed by atoms with Crippen LogP contribution in [0.2, 0.25) is 0 Å². The summed E-state index contributed by atoms with van der Waals surface area (Å²) in [7, 11) is 0. The fraction of sp³-hybridized carbons (Fsp3) is 0.0667. The molecule has 0 radical (unpaired) electrons. The molecule has 0 fully saturated rings. The predicted octanol–water partition coefficient (Wildman–Crippen LogP) is -0.324. The summed E-state index contributed by atoms with van der Waals surface area (Å²) in [4.78, 5) is 29.0. The van der Waals surface area contributed by atoms with E-state index in [1.54, 1.807) is 48.5 Å². The Bertz CT molecular complexity index is 592. The molecule has 4 nitrogen and oxygen atoms in total. The maximum absolute atomic E-state index is 10.8. The summed E-state index contributed by atoms with van der Waals surface area (Å²) in [5.74, 6) is 0. The van der Waals surface area contributed by atoms with Gasteiger partial charge in [0.1, 0.15) is 0 Å². The Morgan fingerprint density at radius 2 is 1.10 bits per heavy atom. The molecule has 0 atom stereocenters. The molecule has 0 aliphatic rings. The minimum Gasteiger partial charge on any atom is -1.00 e. The first-order chi connectivity index (χ1) is 9.33. The van der Waals surface area contributed by atoms with Gasteiger partial charge in [0.15, 0.2) is 0 Å². The van der Waals surface area contributed by atoms with Gasteiger partial charge in [0, 0.05) is 11.1 Å². The van der Waals surface area contributed by atoms with Crippen LogP contribution in [0.1, 0.15) is 12.6 Å². The Balaban J connectivity index is 0.00000200. The molecule has 0 amide bonds. The molecule has 0 unspecified atom stereocenters. The summed E-state index contributed by atoms with van der Waals surface area (Å²) < 4.78 is 0. The van der Waals surface area contributed by atoms with Crippen molar-refractivity contribution in [3.05, 3.63) is 71.8 Å². The third-order valence-electron chi connectivity index (χ3n) is 2.77. The number of isocyanates is 2. The number of nitrogens with zero attached hydrogens (tertiary/aromatic N) is 2. The van der Waals surface area contributed by atoms with E-state index in [4.69, 9.17) is 0 Å². The topological polar surface area (TPSA) is 58.9 Å². The van der Waals surface area contributed by atoms with Gasteiger partial charge in [-0.1, -0.05) is 60.7 Å². The molecule has 2 rings (SSSR count). The van der Waals surface area contributed by atoms with Crippen LogP contribution in [0.25, 0.3) is 0 Å². The Morgan fingerprint density at radius 1 is 0.750 bits per heavy atom. The third kappa shape index (κ3) is 3.20. The van der Waals surface area contributed by atoms with Crippen LogP contribution in [-0.4, -0.2) is 12.2 Å². The van der Waals surface area contributed by atoms with Crippen molar-refractivity contribution in [1.29, 1.82) is 0 Å². The number of rotatable bonds is 4. The summed E-state index contributed by atoms with van der Waals surface area (Å²) in [5, 5.41) is 0. The van der Waals surface area contributed by atoms with E-state index < -0.39 is 5.66 Å². The summed E-state index contributed by atoms with van der Waals surface area (Å²) >= 11 is 0. The number of benzene rings is 2. The van der Waals surface area contributed by atoms with Gasteiger partial charge in [-0.05, 0) is 0 Å². The van der Waals surface area contributed by atoms with Gasteiger partial charge in [-0.2, -0.15) is 9.98 Å². The number of hydrogen-bond donors (Lipinski definition) is 0. The third-order valence-corrected chi connectivity index (χ3v) is 2.77. The standard InChI is InChI=1S/C15H10N2O2.Na.H/c18-11-16-15(17-12-19,13-7-3-1-4-8-13)14-9-5-2-6-10-14;;/h1-10H;;/q;+1;-1. The minimum atomic E-state index is -1.41. The average molecular weight is 274 g/mol. The van der Waals surface area contributed by atoms with Gasteiger partial charge in [-0.15, -0.1) is 0 Å². The largest absolute Gasteiger partial charge is 1.00 e. The van der Waals surface area contributed by atoms with Gasteiger partial charge >= 0.3 is 29.6 Å². The van der Waals surface area contributed by atoms with Crippen LogP contribution < -0.4 is 29.6 Å². The fourth-order valence-electron chi connectivity index (χ4n) is 1.92. The van der Waals surface area contributed by atoms with E-state index in [-0.39, 0.29) is 31.0 Å². The van der Waals surface area contributed by atoms with Gasteiger partial charge in [0.2, 0.25) is 17.8 Å². The predicted molar refractivity (Wildman–Crippen MR) is 71.0 cm³/mol. The van der Waals surface area contributed by atoms with Gasteiger partial charge < -0.3 is 1.43 Å². The molecule has 0 spiro atoms. The fourth-order valence-corrected chi connectivity index (χ4v) is 1.92. The van der Waals surface area contributed by atoms with Crippen LogP contribution in [0, 0.1) is 0 Å². The molecule has 0 aliphatic heterocycles. The molecular weight excluding hydrogens is 263 g/mol. The van der Waals surface area contributed by atoms with E-state index >= 15 is 0 Å². The monoisotopic (exact) mass is 274 g/mol. The number of carbonyl (C=O) groups excluding carboxylic acids is 2. The number of aliphatic imine (C=N–C) groups is 2. The van der Waals surface area contributed by atoms with E-state index in [0.717, 1.165) is 0 Å². The second kappa shape index (κ2) is 7.71. The molecule has 20 heavy (non-hydrogen) atoms. The maximum Gasteiger partial charge on any atom is 1.00 e. The zero-order chi connectivity index (χ0) is 13.6. The average Bonchev–Trinajstić information content (AvgIpc) is 2.49. The molecule has 0 bridgehead atoms. The van der Waals surface area contributed by atoms with Crippen LogP contribution in [0.5, 0.6) is 0 Å². The van der Waals surface area contributed by atoms with E-state index in [2.05, 4.69) is 9.98 Å². The molecule has 2 aromatic rings. The smallest absolute Gasteiger partial charge is 1.00 e.